The first kappa shape index (κ1) is 15.2. The minimum Gasteiger partial charge on any atom is -0.480 e. The van der Waals surface area contributed by atoms with Crippen LogP contribution in [-0.2, 0) is 4.79 Å². The third-order valence-electron chi connectivity index (χ3n) is 2.19. The number of nitro benzene ring substituents is 1. The highest BCUT2D eigenvalue weighted by molar-refractivity contribution is 6.44. The van der Waals surface area contributed by atoms with Gasteiger partial charge < -0.3 is 10.4 Å². The number of nitrogens with zero attached hydrogens (tertiary/aromatic N) is 1. The average Bonchev–Trinajstić information content (AvgIpc) is 2.31. The van der Waals surface area contributed by atoms with Gasteiger partial charge in [-0.3, -0.25) is 19.7 Å². The number of halogens is 2. The maximum atomic E-state index is 11.8. The number of carboxylic acids is 1. The van der Waals surface area contributed by atoms with E-state index in [0.717, 1.165) is 12.1 Å². The number of nitrogens with one attached hydrogen (secondary N) is 1. The third-order valence-corrected chi connectivity index (χ3v) is 2.99. The number of benzene rings is 1. The molecule has 1 aromatic rings. The molecule has 0 radical (unpaired) electrons. The zero-order chi connectivity index (χ0) is 14.7. The molecule has 1 amide bonds. The van der Waals surface area contributed by atoms with E-state index in [1.54, 1.807) is 0 Å². The van der Waals surface area contributed by atoms with Gasteiger partial charge in [-0.1, -0.05) is 23.2 Å². The molecular weight excluding hydrogens is 299 g/mol. The standard InChI is InChI=1S/C10H8Cl2N2O5/c1-4(10(16)17)13-9(15)6-2-5(14(18)19)3-7(11)8(6)12/h2-4H,1H3,(H,13,15)(H,16,17)/t4-/m1/s1. The molecule has 0 saturated heterocycles. The van der Waals surface area contributed by atoms with Crippen LogP contribution >= 0.6 is 23.2 Å². The Morgan fingerprint density at radius 1 is 1.42 bits per heavy atom. The molecule has 19 heavy (non-hydrogen) atoms. The van der Waals surface area contributed by atoms with E-state index < -0.39 is 28.5 Å². The molecule has 0 heterocycles. The number of carbonyl (C=O) groups excluding carboxylic acids is 1. The lowest BCUT2D eigenvalue weighted by atomic mass is 10.1. The van der Waals surface area contributed by atoms with Crippen LogP contribution in [0.5, 0.6) is 0 Å². The first-order valence-corrected chi connectivity index (χ1v) is 5.66. The predicted octanol–water partition coefficient (Wildman–Crippen LogP) is 2.10. The Kier molecular flexibility index (Phi) is 4.68. The molecule has 0 unspecified atom stereocenters. The van der Waals surface area contributed by atoms with Gasteiger partial charge in [-0.05, 0) is 6.92 Å². The minimum absolute atomic E-state index is 0.163. The van der Waals surface area contributed by atoms with Gasteiger partial charge in [0.25, 0.3) is 11.6 Å². The topological polar surface area (TPSA) is 110 Å². The van der Waals surface area contributed by atoms with E-state index in [4.69, 9.17) is 28.3 Å². The van der Waals surface area contributed by atoms with E-state index in [1.165, 1.54) is 6.92 Å². The van der Waals surface area contributed by atoms with Gasteiger partial charge in [-0.25, -0.2) is 0 Å². The molecule has 1 atom stereocenters. The Morgan fingerprint density at radius 2 is 2.00 bits per heavy atom. The molecule has 2 N–H and O–H groups in total. The second-order valence-electron chi connectivity index (χ2n) is 3.58. The summed E-state index contributed by atoms with van der Waals surface area (Å²) in [6, 6.07) is 0.765. The van der Waals surface area contributed by atoms with E-state index in [-0.39, 0.29) is 15.6 Å². The van der Waals surface area contributed by atoms with E-state index >= 15 is 0 Å². The maximum Gasteiger partial charge on any atom is 0.325 e. The van der Waals surface area contributed by atoms with Crippen LogP contribution in [0, 0.1) is 10.1 Å². The van der Waals surface area contributed by atoms with Gasteiger partial charge in [0.2, 0.25) is 0 Å². The highest BCUT2D eigenvalue weighted by atomic mass is 35.5. The molecule has 7 nitrogen and oxygen atoms in total. The van der Waals surface area contributed by atoms with Crippen molar-refractivity contribution in [2.75, 3.05) is 0 Å². The van der Waals surface area contributed by atoms with Gasteiger partial charge in [0, 0.05) is 12.1 Å². The van der Waals surface area contributed by atoms with Crippen molar-refractivity contribution in [1.29, 1.82) is 0 Å². The highest BCUT2D eigenvalue weighted by Gasteiger charge is 2.22. The maximum absolute atomic E-state index is 11.8. The lowest BCUT2D eigenvalue weighted by Crippen LogP contribution is -2.38. The van der Waals surface area contributed by atoms with Crippen molar-refractivity contribution in [2.45, 2.75) is 13.0 Å². The van der Waals surface area contributed by atoms with Gasteiger partial charge in [-0.2, -0.15) is 0 Å². The van der Waals surface area contributed by atoms with Crippen LogP contribution in [0.3, 0.4) is 0 Å². The van der Waals surface area contributed by atoms with Crippen LogP contribution in [0.2, 0.25) is 10.0 Å². The first-order valence-electron chi connectivity index (χ1n) is 4.91. The predicted molar refractivity (Wildman–Crippen MR) is 67.7 cm³/mol. The molecular formula is C10H8Cl2N2O5. The molecule has 0 aliphatic heterocycles. The summed E-state index contributed by atoms with van der Waals surface area (Å²) >= 11 is 11.4. The summed E-state index contributed by atoms with van der Waals surface area (Å²) < 4.78 is 0. The van der Waals surface area contributed by atoms with Crippen LogP contribution in [-0.4, -0.2) is 27.9 Å². The van der Waals surface area contributed by atoms with Crippen LogP contribution in [0.1, 0.15) is 17.3 Å². The lowest BCUT2D eigenvalue weighted by molar-refractivity contribution is -0.384. The van der Waals surface area contributed by atoms with E-state index in [0.29, 0.717) is 0 Å². The smallest absolute Gasteiger partial charge is 0.325 e. The Hall–Kier alpha value is -1.86. The number of hydrogen-bond donors (Lipinski definition) is 2. The molecule has 0 fully saturated rings. The van der Waals surface area contributed by atoms with Crippen molar-refractivity contribution in [3.8, 4) is 0 Å². The fraction of sp³-hybridized carbons (Fsp3) is 0.200. The van der Waals surface area contributed by atoms with Gasteiger partial charge in [0.1, 0.15) is 6.04 Å². The molecule has 9 heteroatoms. The summed E-state index contributed by atoms with van der Waals surface area (Å²) in [5.74, 6) is -2.11. The number of non-ortho nitro benzene ring substituents is 1. The number of amides is 1. The Bertz CT molecular complexity index is 561. The summed E-state index contributed by atoms with van der Waals surface area (Å²) in [7, 11) is 0. The number of nitro groups is 1. The van der Waals surface area contributed by atoms with Crippen molar-refractivity contribution in [3.05, 3.63) is 37.9 Å². The SMILES string of the molecule is C[C@@H](NC(=O)c1cc([N+](=O)[O-])cc(Cl)c1Cl)C(=O)O. The molecule has 0 saturated carbocycles. The van der Waals surface area contributed by atoms with Crippen molar-refractivity contribution in [1.82, 2.24) is 5.32 Å². The Morgan fingerprint density at radius 3 is 2.47 bits per heavy atom. The quantitative estimate of drug-likeness (QED) is 0.654. The van der Waals surface area contributed by atoms with E-state index in [9.17, 15) is 19.7 Å². The fourth-order valence-corrected chi connectivity index (χ4v) is 1.59. The second-order valence-corrected chi connectivity index (χ2v) is 4.36. The summed E-state index contributed by atoms with van der Waals surface area (Å²) in [6.45, 7) is 1.24. The summed E-state index contributed by atoms with van der Waals surface area (Å²) in [5.41, 5.74) is -0.670. The summed E-state index contributed by atoms with van der Waals surface area (Å²) in [4.78, 5) is 32.3. The lowest BCUT2D eigenvalue weighted by Gasteiger charge is -2.10. The van der Waals surface area contributed by atoms with Crippen LogP contribution in [0.4, 0.5) is 5.69 Å². The van der Waals surface area contributed by atoms with Crippen molar-refractivity contribution < 1.29 is 19.6 Å². The zero-order valence-electron chi connectivity index (χ0n) is 9.52. The number of hydrogen-bond acceptors (Lipinski definition) is 4. The normalized spacial score (nSPS) is 11.7. The van der Waals surface area contributed by atoms with Crippen molar-refractivity contribution in [2.24, 2.45) is 0 Å². The Labute approximate surface area is 117 Å². The largest absolute Gasteiger partial charge is 0.480 e. The first-order chi connectivity index (χ1) is 8.73. The molecule has 0 aromatic heterocycles. The molecule has 0 bridgehead atoms. The number of carbonyl (C=O) groups is 2. The van der Waals surface area contributed by atoms with Gasteiger partial charge in [0.05, 0.1) is 20.5 Å². The van der Waals surface area contributed by atoms with Crippen molar-refractivity contribution in [3.63, 3.8) is 0 Å². The van der Waals surface area contributed by atoms with Gasteiger partial charge >= 0.3 is 5.97 Å². The average molecular weight is 307 g/mol. The number of rotatable bonds is 4. The van der Waals surface area contributed by atoms with Gasteiger partial charge in [-0.15, -0.1) is 0 Å². The number of aliphatic carboxylic acids is 1. The molecule has 102 valence electrons. The minimum atomic E-state index is -1.25. The molecule has 1 rings (SSSR count). The number of carboxylic acid groups (broad SMARTS) is 1. The molecule has 0 aliphatic carbocycles. The monoisotopic (exact) mass is 306 g/mol. The summed E-state index contributed by atoms with van der Waals surface area (Å²) in [6.07, 6.45) is 0. The fourth-order valence-electron chi connectivity index (χ4n) is 1.18. The molecule has 0 spiro atoms. The molecule has 0 aliphatic rings. The van der Waals surface area contributed by atoms with E-state index in [1.807, 2.05) is 0 Å². The van der Waals surface area contributed by atoms with Gasteiger partial charge in [0.15, 0.2) is 0 Å². The highest BCUT2D eigenvalue weighted by Crippen LogP contribution is 2.30. The van der Waals surface area contributed by atoms with Crippen LogP contribution in [0.15, 0.2) is 12.1 Å². The molecule has 1 aromatic carbocycles. The van der Waals surface area contributed by atoms with Crippen molar-refractivity contribution >= 4 is 40.8 Å². The second kappa shape index (κ2) is 5.85. The Balaban J connectivity index is 3.15. The zero-order valence-corrected chi connectivity index (χ0v) is 11.0. The van der Waals surface area contributed by atoms with Crippen LogP contribution in [0.25, 0.3) is 0 Å². The third kappa shape index (κ3) is 3.55. The van der Waals surface area contributed by atoms with E-state index in [2.05, 4.69) is 5.32 Å². The summed E-state index contributed by atoms with van der Waals surface area (Å²) in [5, 5.41) is 21.1. The van der Waals surface area contributed by atoms with Crippen LogP contribution < -0.4 is 5.32 Å².